The molecule has 0 bridgehead atoms. The summed E-state index contributed by atoms with van der Waals surface area (Å²) in [5.41, 5.74) is 8.58. The number of benzene rings is 2. The Bertz CT molecular complexity index is 1240. The summed E-state index contributed by atoms with van der Waals surface area (Å²) < 4.78 is 5.30. The molecule has 1 saturated heterocycles. The third-order valence-electron chi connectivity index (χ3n) is 6.60. The number of pyridine rings is 1. The van der Waals surface area contributed by atoms with Crippen LogP contribution < -0.4 is 26.4 Å². The molecule has 37 heavy (non-hydrogen) atoms. The van der Waals surface area contributed by atoms with Gasteiger partial charge in [-0.2, -0.15) is 0 Å². The minimum Gasteiger partial charge on any atom is -0.497 e. The predicted molar refractivity (Wildman–Crippen MR) is 151 cm³/mol. The third-order valence-corrected chi connectivity index (χ3v) is 6.60. The molecule has 0 unspecified atom stereocenters. The molecule has 2 amide bonds. The van der Waals surface area contributed by atoms with Crippen molar-refractivity contribution in [2.24, 2.45) is 5.92 Å². The van der Waals surface area contributed by atoms with E-state index in [0.29, 0.717) is 18.3 Å². The summed E-state index contributed by atoms with van der Waals surface area (Å²) in [7, 11) is 1.67. The van der Waals surface area contributed by atoms with Crippen molar-refractivity contribution in [2.45, 2.75) is 45.3 Å². The van der Waals surface area contributed by atoms with Gasteiger partial charge in [0.1, 0.15) is 17.6 Å². The Morgan fingerprint density at radius 3 is 2.59 bits per heavy atom. The number of nitrogens with zero attached hydrogens (tertiary/aromatic N) is 1. The second kappa shape index (κ2) is 13.5. The number of amides is 2. The molecule has 8 nitrogen and oxygen atoms in total. The fraction of sp³-hybridized carbons (Fsp3) is 0.370. The van der Waals surface area contributed by atoms with Crippen LogP contribution in [-0.4, -0.2) is 42.5 Å². The molecule has 5 N–H and O–H groups in total. The molecule has 0 saturated carbocycles. The number of methoxy groups -OCH3 is 1. The van der Waals surface area contributed by atoms with Crippen LogP contribution in [0.1, 0.15) is 30.2 Å². The number of rotatable bonds is 8. The molecule has 2 aromatic carbocycles. The molecule has 0 radical (unpaired) electrons. The second-order valence-electron chi connectivity index (χ2n) is 9.24. The molecule has 200 valence electrons. The third kappa shape index (κ3) is 7.71. The summed E-state index contributed by atoms with van der Waals surface area (Å²) in [5, 5.41) is 11.3. The van der Waals surface area contributed by atoms with Crippen LogP contribution in [0.25, 0.3) is 10.8 Å². The zero-order chi connectivity index (χ0) is 24.9. The molecule has 1 aromatic heterocycles. The smallest absolute Gasteiger partial charge is 0.242 e. The minimum absolute atomic E-state index is 0. The van der Waals surface area contributed by atoms with E-state index in [1.807, 2.05) is 25.1 Å². The van der Waals surface area contributed by atoms with E-state index in [-0.39, 0.29) is 42.7 Å². The summed E-state index contributed by atoms with van der Waals surface area (Å²) in [6.07, 6.45) is 1.63. The number of nitrogens with one attached hydrogen (secondary N) is 3. The monoisotopic (exact) mass is 547 g/mol. The highest BCUT2D eigenvalue weighted by Crippen LogP contribution is 2.25. The molecule has 1 aliphatic rings. The maximum absolute atomic E-state index is 12.8. The van der Waals surface area contributed by atoms with Crippen molar-refractivity contribution in [1.82, 2.24) is 20.9 Å². The van der Waals surface area contributed by atoms with E-state index >= 15 is 0 Å². The van der Waals surface area contributed by atoms with Crippen molar-refractivity contribution in [3.63, 3.8) is 0 Å². The fourth-order valence-corrected chi connectivity index (χ4v) is 4.54. The van der Waals surface area contributed by atoms with E-state index in [2.05, 4.69) is 45.2 Å². The van der Waals surface area contributed by atoms with Crippen LogP contribution in [0, 0.1) is 12.8 Å². The van der Waals surface area contributed by atoms with Gasteiger partial charge in [-0.25, -0.2) is 4.98 Å². The molecule has 0 spiro atoms. The number of anilines is 1. The Kier molecular flexibility index (Phi) is 11.0. The number of nitrogen functional groups attached to an aromatic ring is 1. The molecule has 10 heteroatoms. The lowest BCUT2D eigenvalue weighted by molar-refractivity contribution is -0.129. The van der Waals surface area contributed by atoms with Crippen LogP contribution in [-0.2, 0) is 22.6 Å². The van der Waals surface area contributed by atoms with Crippen molar-refractivity contribution in [3.05, 3.63) is 65.4 Å². The number of hydrogen-bond acceptors (Lipinski definition) is 6. The number of halogens is 2. The molecule has 1 fully saturated rings. The zero-order valence-corrected chi connectivity index (χ0v) is 22.9. The Labute approximate surface area is 229 Å². The van der Waals surface area contributed by atoms with Crippen LogP contribution in [0.2, 0.25) is 0 Å². The van der Waals surface area contributed by atoms with Gasteiger partial charge in [-0.15, -0.1) is 24.8 Å². The number of carbonyl (C=O) groups excluding carboxylic acids is 2. The Morgan fingerprint density at radius 1 is 1.14 bits per heavy atom. The Hall–Kier alpha value is -3.07. The first-order chi connectivity index (χ1) is 16.8. The van der Waals surface area contributed by atoms with Crippen LogP contribution in [0.3, 0.4) is 0 Å². The topological polar surface area (TPSA) is 118 Å². The van der Waals surface area contributed by atoms with E-state index in [1.165, 1.54) is 10.9 Å². The van der Waals surface area contributed by atoms with Gasteiger partial charge >= 0.3 is 0 Å². The minimum atomic E-state index is -0.636. The molecular formula is C27H35Cl2N5O3. The lowest BCUT2D eigenvalue weighted by atomic mass is 9.95. The van der Waals surface area contributed by atoms with Crippen LogP contribution in [0.4, 0.5) is 5.82 Å². The van der Waals surface area contributed by atoms with Gasteiger partial charge in [-0.05, 0) is 79.3 Å². The van der Waals surface area contributed by atoms with Crippen molar-refractivity contribution in [1.29, 1.82) is 0 Å². The molecule has 3 aromatic rings. The van der Waals surface area contributed by atoms with Gasteiger partial charge in [0.2, 0.25) is 11.8 Å². The molecule has 1 aliphatic heterocycles. The summed E-state index contributed by atoms with van der Waals surface area (Å²) in [4.78, 5) is 29.5. The Morgan fingerprint density at radius 2 is 1.86 bits per heavy atom. The van der Waals surface area contributed by atoms with Gasteiger partial charge in [0.05, 0.1) is 13.2 Å². The van der Waals surface area contributed by atoms with Crippen molar-refractivity contribution in [3.8, 4) is 5.75 Å². The van der Waals surface area contributed by atoms with E-state index in [9.17, 15) is 9.59 Å². The number of hydrogen-bond donors (Lipinski definition) is 4. The number of aryl methyl sites for hydroxylation is 1. The molecular weight excluding hydrogens is 513 g/mol. The normalized spacial score (nSPS) is 17.3. The van der Waals surface area contributed by atoms with E-state index in [1.54, 1.807) is 20.1 Å². The van der Waals surface area contributed by atoms with Gasteiger partial charge in [-0.1, -0.05) is 30.3 Å². The van der Waals surface area contributed by atoms with Crippen molar-refractivity contribution < 1.29 is 14.3 Å². The summed E-state index contributed by atoms with van der Waals surface area (Å²) in [5.74, 6) is 1.26. The number of carbonyl (C=O) groups is 2. The van der Waals surface area contributed by atoms with E-state index < -0.39 is 6.04 Å². The average Bonchev–Trinajstić information content (AvgIpc) is 3.31. The first-order valence-corrected chi connectivity index (χ1v) is 11.9. The van der Waals surface area contributed by atoms with E-state index in [0.717, 1.165) is 41.8 Å². The predicted octanol–water partition coefficient (Wildman–Crippen LogP) is 3.32. The zero-order valence-electron chi connectivity index (χ0n) is 21.2. The van der Waals surface area contributed by atoms with Gasteiger partial charge in [0, 0.05) is 12.2 Å². The Balaban J connectivity index is 0.00000241. The lowest BCUT2D eigenvalue weighted by Gasteiger charge is -2.17. The second-order valence-corrected chi connectivity index (χ2v) is 9.24. The average molecular weight is 549 g/mol. The number of ether oxygens (including phenoxy) is 1. The standard InChI is InChI=1S/C27H33N5O3.2ClH/c1-16-22(7-9-25(28)31-16)15-30-26(33)17(2)32-27(34)24-12-19(14-29-24)10-18-4-5-21-13-23(35-3)8-6-20(21)11-18;;/h4-9,11,13,17,19,24,29H,10,12,14-15H2,1-3H3,(H2,28,31)(H,30,33)(H,32,34);2*1H/t17-,19-,24+;;/m0../s1. The molecule has 4 rings (SSSR count). The summed E-state index contributed by atoms with van der Waals surface area (Å²) in [6, 6.07) is 15.1. The largest absolute Gasteiger partial charge is 0.497 e. The van der Waals surface area contributed by atoms with Crippen LogP contribution >= 0.6 is 24.8 Å². The van der Waals surface area contributed by atoms with Crippen LogP contribution in [0.15, 0.2) is 48.5 Å². The number of nitrogens with two attached hydrogens (primary N) is 1. The summed E-state index contributed by atoms with van der Waals surface area (Å²) in [6.45, 7) is 4.64. The fourth-order valence-electron chi connectivity index (χ4n) is 4.54. The maximum Gasteiger partial charge on any atom is 0.242 e. The molecule has 3 atom stereocenters. The SMILES string of the molecule is COc1ccc2cc(C[C@@H]3CN[C@@H](C(=O)N[C@@H](C)C(=O)NCc4ccc(N)nc4C)C3)ccc2c1.Cl.Cl. The lowest BCUT2D eigenvalue weighted by Crippen LogP contribution is -2.50. The molecule has 0 aliphatic carbocycles. The van der Waals surface area contributed by atoms with Crippen molar-refractivity contribution in [2.75, 3.05) is 19.4 Å². The van der Waals surface area contributed by atoms with Gasteiger partial charge in [-0.3, -0.25) is 9.59 Å². The van der Waals surface area contributed by atoms with Gasteiger partial charge in [0.15, 0.2) is 0 Å². The summed E-state index contributed by atoms with van der Waals surface area (Å²) >= 11 is 0. The quantitative estimate of drug-likeness (QED) is 0.343. The highest BCUT2D eigenvalue weighted by molar-refractivity contribution is 5.89. The highest BCUT2D eigenvalue weighted by Gasteiger charge is 2.31. The number of fused-ring (bicyclic) bond motifs is 1. The first-order valence-electron chi connectivity index (χ1n) is 11.9. The maximum atomic E-state index is 12.8. The van der Waals surface area contributed by atoms with E-state index in [4.69, 9.17) is 10.5 Å². The highest BCUT2D eigenvalue weighted by atomic mass is 35.5. The van der Waals surface area contributed by atoms with Gasteiger partial charge in [0.25, 0.3) is 0 Å². The first kappa shape index (κ1) is 30.2. The number of aromatic nitrogens is 1. The van der Waals surface area contributed by atoms with Gasteiger partial charge < -0.3 is 26.4 Å². The van der Waals surface area contributed by atoms with Crippen molar-refractivity contribution >= 4 is 53.2 Å². The molecule has 2 heterocycles. The van der Waals surface area contributed by atoms with Crippen LogP contribution in [0.5, 0.6) is 5.75 Å².